The van der Waals surface area contributed by atoms with Crippen molar-refractivity contribution >= 4 is 23.2 Å². The first-order valence-electron chi connectivity index (χ1n) is 7.58. The largest absolute Gasteiger partial charge is 0.479 e. The maximum Gasteiger partial charge on any atom is 0.347 e. The molecule has 0 spiro atoms. The summed E-state index contributed by atoms with van der Waals surface area (Å²) in [5, 5.41) is 12.6. The van der Waals surface area contributed by atoms with Crippen molar-refractivity contribution in [1.29, 1.82) is 5.26 Å². The second-order valence-corrected chi connectivity index (χ2v) is 6.17. The van der Waals surface area contributed by atoms with Crippen molar-refractivity contribution in [2.75, 3.05) is 13.7 Å². The van der Waals surface area contributed by atoms with Gasteiger partial charge < -0.3 is 14.4 Å². The van der Waals surface area contributed by atoms with Gasteiger partial charge in [0.2, 0.25) is 0 Å². The first-order chi connectivity index (χ1) is 12.0. The van der Waals surface area contributed by atoms with E-state index in [2.05, 4.69) is 0 Å². The molecule has 0 saturated carbocycles. The Kier molecular flexibility index (Phi) is 6.54. The third-order valence-electron chi connectivity index (χ3n) is 3.39. The van der Waals surface area contributed by atoms with Crippen LogP contribution in [0.3, 0.4) is 0 Å². The minimum atomic E-state index is -0.858. The fraction of sp³-hybridized carbons (Fsp3) is 0.278. The molecule has 2 aromatic rings. The second kappa shape index (κ2) is 8.85. The maximum absolute atomic E-state index is 12.0. The number of rotatable bonds is 7. The second-order valence-electron chi connectivity index (χ2n) is 5.39. The average molecular weight is 358 g/mol. The minimum Gasteiger partial charge on any atom is -0.479 e. The average Bonchev–Trinajstić information content (AvgIpc) is 3.12. The monoisotopic (exact) mass is 358 g/mol. The smallest absolute Gasteiger partial charge is 0.347 e. The summed E-state index contributed by atoms with van der Waals surface area (Å²) in [5.74, 6) is -0.462. The summed E-state index contributed by atoms with van der Waals surface area (Å²) in [4.78, 5) is 25.5. The number of amides is 1. The summed E-state index contributed by atoms with van der Waals surface area (Å²) in [7, 11) is 1.66. The van der Waals surface area contributed by atoms with Gasteiger partial charge in [-0.1, -0.05) is 0 Å². The van der Waals surface area contributed by atoms with Crippen molar-refractivity contribution < 1.29 is 19.1 Å². The van der Waals surface area contributed by atoms with Gasteiger partial charge in [0.1, 0.15) is 5.75 Å². The van der Waals surface area contributed by atoms with E-state index >= 15 is 0 Å². The molecule has 0 aliphatic rings. The molecule has 130 valence electrons. The van der Waals surface area contributed by atoms with Crippen LogP contribution in [0.25, 0.3) is 0 Å². The van der Waals surface area contributed by atoms with Crippen LogP contribution in [0.15, 0.2) is 41.1 Å². The number of nitrogens with zero attached hydrogens (tertiary/aromatic N) is 2. The van der Waals surface area contributed by atoms with Gasteiger partial charge in [0.15, 0.2) is 12.7 Å². The molecule has 1 unspecified atom stereocenters. The van der Waals surface area contributed by atoms with E-state index in [1.54, 1.807) is 49.6 Å². The number of benzene rings is 1. The predicted molar refractivity (Wildman–Crippen MR) is 93.0 cm³/mol. The Morgan fingerprint density at radius 1 is 1.28 bits per heavy atom. The van der Waals surface area contributed by atoms with Gasteiger partial charge in [0.05, 0.1) is 11.6 Å². The Hall–Kier alpha value is -2.85. The van der Waals surface area contributed by atoms with Crippen LogP contribution in [-0.2, 0) is 20.9 Å². The molecule has 0 N–H and O–H groups in total. The standard InChI is InChI=1S/C18H18N2O4S/c1-13(24-16-5-3-14(9-19)4-6-16)18(22)23-11-17(21)20(2)10-15-7-8-25-12-15/h3-8,12-13H,10-11H2,1-2H3. The van der Waals surface area contributed by atoms with Crippen LogP contribution in [0.1, 0.15) is 18.1 Å². The number of carbonyl (C=O) groups excluding carboxylic acids is 2. The number of esters is 1. The molecule has 1 amide bonds. The Bertz CT molecular complexity index is 750. The van der Waals surface area contributed by atoms with Crippen LogP contribution in [0.2, 0.25) is 0 Å². The quantitative estimate of drug-likeness (QED) is 0.711. The van der Waals surface area contributed by atoms with E-state index in [1.807, 2.05) is 22.9 Å². The molecule has 1 atom stereocenters. The number of likely N-dealkylation sites (N-methyl/N-ethyl adjacent to an activating group) is 1. The van der Waals surface area contributed by atoms with Crippen molar-refractivity contribution in [3.63, 3.8) is 0 Å². The van der Waals surface area contributed by atoms with Crippen molar-refractivity contribution in [2.24, 2.45) is 0 Å². The molecule has 0 aliphatic carbocycles. The highest BCUT2D eigenvalue weighted by atomic mass is 32.1. The molecule has 1 aromatic heterocycles. The predicted octanol–water partition coefficient (Wildman–Crippen LogP) is 2.59. The zero-order valence-electron chi connectivity index (χ0n) is 14.0. The van der Waals surface area contributed by atoms with Gasteiger partial charge in [0.25, 0.3) is 5.91 Å². The van der Waals surface area contributed by atoms with Gasteiger partial charge in [-0.2, -0.15) is 16.6 Å². The summed E-state index contributed by atoms with van der Waals surface area (Å²) < 4.78 is 10.5. The highest BCUT2D eigenvalue weighted by Gasteiger charge is 2.19. The first-order valence-corrected chi connectivity index (χ1v) is 8.52. The lowest BCUT2D eigenvalue weighted by atomic mass is 10.2. The van der Waals surface area contributed by atoms with E-state index in [1.165, 1.54) is 4.90 Å². The fourth-order valence-corrected chi connectivity index (χ4v) is 2.63. The SMILES string of the molecule is CC(Oc1ccc(C#N)cc1)C(=O)OCC(=O)N(C)Cc1ccsc1. The van der Waals surface area contributed by atoms with Gasteiger partial charge in [-0.15, -0.1) is 0 Å². The molecule has 1 heterocycles. The number of nitriles is 1. The van der Waals surface area contributed by atoms with E-state index in [-0.39, 0.29) is 12.5 Å². The third kappa shape index (κ3) is 5.62. The molecular weight excluding hydrogens is 340 g/mol. The third-order valence-corrected chi connectivity index (χ3v) is 4.12. The van der Waals surface area contributed by atoms with E-state index in [0.717, 1.165) is 5.56 Å². The molecule has 25 heavy (non-hydrogen) atoms. The molecule has 6 nitrogen and oxygen atoms in total. The lowest BCUT2D eigenvalue weighted by molar-refractivity contribution is -0.157. The lowest BCUT2D eigenvalue weighted by Gasteiger charge is -2.18. The summed E-state index contributed by atoms with van der Waals surface area (Å²) in [6.07, 6.45) is -0.858. The molecule has 1 aromatic carbocycles. The maximum atomic E-state index is 12.0. The molecule has 0 fully saturated rings. The van der Waals surface area contributed by atoms with Crippen molar-refractivity contribution in [2.45, 2.75) is 19.6 Å². The summed E-state index contributed by atoms with van der Waals surface area (Å²) in [6, 6.07) is 10.3. The summed E-state index contributed by atoms with van der Waals surface area (Å²) in [6.45, 7) is 1.68. The van der Waals surface area contributed by atoms with E-state index in [0.29, 0.717) is 17.9 Å². The Labute approximate surface area is 150 Å². The number of hydrogen-bond acceptors (Lipinski definition) is 6. The van der Waals surface area contributed by atoms with Crippen LogP contribution in [0.5, 0.6) is 5.75 Å². The van der Waals surface area contributed by atoms with Gasteiger partial charge in [0, 0.05) is 13.6 Å². The van der Waals surface area contributed by atoms with E-state index < -0.39 is 12.1 Å². The van der Waals surface area contributed by atoms with Crippen LogP contribution in [-0.4, -0.2) is 36.5 Å². The lowest BCUT2D eigenvalue weighted by Crippen LogP contribution is -2.33. The normalized spacial score (nSPS) is 11.2. The zero-order chi connectivity index (χ0) is 18.2. The van der Waals surface area contributed by atoms with E-state index in [9.17, 15) is 9.59 Å². The van der Waals surface area contributed by atoms with Gasteiger partial charge in [-0.05, 0) is 53.6 Å². The number of carbonyl (C=O) groups is 2. The Balaban J connectivity index is 1.78. The topological polar surface area (TPSA) is 79.6 Å². The van der Waals surface area contributed by atoms with Crippen molar-refractivity contribution in [3.05, 3.63) is 52.2 Å². The van der Waals surface area contributed by atoms with Crippen LogP contribution < -0.4 is 4.74 Å². The van der Waals surface area contributed by atoms with Crippen LogP contribution in [0, 0.1) is 11.3 Å². The Morgan fingerprint density at radius 3 is 2.60 bits per heavy atom. The highest BCUT2D eigenvalue weighted by Crippen LogP contribution is 2.14. The van der Waals surface area contributed by atoms with E-state index in [4.69, 9.17) is 14.7 Å². The molecule has 0 aliphatic heterocycles. The van der Waals surface area contributed by atoms with Crippen molar-refractivity contribution in [1.82, 2.24) is 4.90 Å². The Morgan fingerprint density at radius 2 is 2.00 bits per heavy atom. The highest BCUT2D eigenvalue weighted by molar-refractivity contribution is 7.07. The molecule has 2 rings (SSSR count). The minimum absolute atomic E-state index is 0.287. The van der Waals surface area contributed by atoms with Gasteiger partial charge in [-0.3, -0.25) is 4.79 Å². The molecule has 0 bridgehead atoms. The van der Waals surface area contributed by atoms with Crippen LogP contribution >= 0.6 is 11.3 Å². The molecule has 7 heteroatoms. The zero-order valence-corrected chi connectivity index (χ0v) is 14.8. The molecule has 0 saturated heterocycles. The molecule has 0 radical (unpaired) electrons. The number of ether oxygens (including phenoxy) is 2. The summed E-state index contributed by atoms with van der Waals surface area (Å²) in [5.41, 5.74) is 1.53. The van der Waals surface area contributed by atoms with Crippen LogP contribution in [0.4, 0.5) is 0 Å². The first kappa shape index (κ1) is 18.5. The molecular formula is C18H18N2O4S. The number of thiophene rings is 1. The number of hydrogen-bond donors (Lipinski definition) is 0. The summed E-state index contributed by atoms with van der Waals surface area (Å²) >= 11 is 1.56. The fourth-order valence-electron chi connectivity index (χ4n) is 1.97. The van der Waals surface area contributed by atoms with Crippen molar-refractivity contribution in [3.8, 4) is 11.8 Å². The van der Waals surface area contributed by atoms with Gasteiger partial charge >= 0.3 is 5.97 Å². The van der Waals surface area contributed by atoms with Gasteiger partial charge in [-0.25, -0.2) is 4.79 Å².